The van der Waals surface area contributed by atoms with Crippen LogP contribution in [0.15, 0.2) is 23.8 Å². The van der Waals surface area contributed by atoms with Gasteiger partial charge >= 0.3 is 0 Å². The van der Waals surface area contributed by atoms with Gasteiger partial charge in [-0.25, -0.2) is 0 Å². The van der Waals surface area contributed by atoms with E-state index in [0.717, 1.165) is 11.8 Å². The SMILES string of the molecule is C=C[C@@H]1O[C@H](C)[C@@H]2C[C@H](C(C)C)CC2=C1C. The van der Waals surface area contributed by atoms with Crippen molar-refractivity contribution < 1.29 is 4.74 Å². The van der Waals surface area contributed by atoms with Gasteiger partial charge in [-0.3, -0.25) is 0 Å². The monoisotopic (exact) mass is 220 g/mol. The standard InChI is InChI=1S/C15H24O/c1-6-15-10(4)13-7-12(9(2)3)8-14(13)11(5)16-15/h6,9,11-12,14-15H,1,7-8H2,2-5H3/t11-,12-,14+,15+/m1/s1. The first kappa shape index (κ1) is 11.9. The lowest BCUT2D eigenvalue weighted by molar-refractivity contribution is 0.000957. The topological polar surface area (TPSA) is 9.23 Å². The fourth-order valence-corrected chi connectivity index (χ4v) is 3.27. The molecule has 1 heteroatoms. The van der Waals surface area contributed by atoms with E-state index in [-0.39, 0.29) is 6.10 Å². The van der Waals surface area contributed by atoms with Crippen LogP contribution in [0.5, 0.6) is 0 Å². The smallest absolute Gasteiger partial charge is 0.0968 e. The Balaban J connectivity index is 2.27. The lowest BCUT2D eigenvalue weighted by atomic mass is 9.88. The van der Waals surface area contributed by atoms with Crippen molar-refractivity contribution in [3.8, 4) is 0 Å². The van der Waals surface area contributed by atoms with Gasteiger partial charge in [-0.05, 0) is 44.1 Å². The summed E-state index contributed by atoms with van der Waals surface area (Å²) in [4.78, 5) is 0. The molecular weight excluding hydrogens is 196 g/mol. The molecule has 0 bridgehead atoms. The van der Waals surface area contributed by atoms with E-state index in [2.05, 4.69) is 34.3 Å². The Bertz CT molecular complexity index is 313. The van der Waals surface area contributed by atoms with Crippen LogP contribution in [-0.2, 0) is 4.74 Å². The molecule has 0 aromatic carbocycles. The second-order valence-corrected chi connectivity index (χ2v) is 5.76. The van der Waals surface area contributed by atoms with Crippen LogP contribution in [0.3, 0.4) is 0 Å². The molecule has 0 spiro atoms. The van der Waals surface area contributed by atoms with E-state index in [1.807, 2.05) is 6.08 Å². The molecule has 1 fully saturated rings. The molecule has 0 radical (unpaired) electrons. The van der Waals surface area contributed by atoms with Gasteiger partial charge in [0.25, 0.3) is 0 Å². The van der Waals surface area contributed by atoms with Crippen molar-refractivity contribution >= 4 is 0 Å². The normalized spacial score (nSPS) is 39.1. The zero-order valence-corrected chi connectivity index (χ0v) is 11.0. The number of hydrogen-bond acceptors (Lipinski definition) is 1. The summed E-state index contributed by atoms with van der Waals surface area (Å²) in [7, 11) is 0. The van der Waals surface area contributed by atoms with E-state index in [1.54, 1.807) is 5.57 Å². The van der Waals surface area contributed by atoms with Crippen LogP contribution in [0.4, 0.5) is 0 Å². The van der Waals surface area contributed by atoms with Crippen molar-refractivity contribution in [3.05, 3.63) is 23.8 Å². The predicted octanol–water partition coefficient (Wildman–Crippen LogP) is 3.96. The van der Waals surface area contributed by atoms with Gasteiger partial charge in [0.2, 0.25) is 0 Å². The van der Waals surface area contributed by atoms with Crippen molar-refractivity contribution in [2.45, 2.75) is 52.7 Å². The Labute approximate surface area is 99.6 Å². The van der Waals surface area contributed by atoms with Gasteiger partial charge in [0.15, 0.2) is 0 Å². The van der Waals surface area contributed by atoms with Crippen molar-refractivity contribution in [1.82, 2.24) is 0 Å². The molecule has 0 aromatic heterocycles. The molecule has 1 aliphatic heterocycles. The van der Waals surface area contributed by atoms with Crippen LogP contribution in [0.2, 0.25) is 0 Å². The molecule has 1 saturated carbocycles. The molecule has 1 heterocycles. The van der Waals surface area contributed by atoms with Gasteiger partial charge in [0, 0.05) is 5.92 Å². The Kier molecular flexibility index (Phi) is 3.25. The highest BCUT2D eigenvalue weighted by Crippen LogP contribution is 2.47. The summed E-state index contributed by atoms with van der Waals surface area (Å²) in [6, 6.07) is 0. The van der Waals surface area contributed by atoms with Crippen molar-refractivity contribution in [2.75, 3.05) is 0 Å². The molecule has 90 valence electrons. The van der Waals surface area contributed by atoms with Gasteiger partial charge < -0.3 is 4.74 Å². The molecule has 0 N–H and O–H groups in total. The van der Waals surface area contributed by atoms with E-state index < -0.39 is 0 Å². The minimum Gasteiger partial charge on any atom is -0.366 e. The molecule has 0 unspecified atom stereocenters. The second-order valence-electron chi connectivity index (χ2n) is 5.76. The Morgan fingerprint density at radius 3 is 2.69 bits per heavy atom. The number of rotatable bonds is 2. The van der Waals surface area contributed by atoms with E-state index >= 15 is 0 Å². The zero-order chi connectivity index (χ0) is 11.9. The molecule has 1 nitrogen and oxygen atoms in total. The summed E-state index contributed by atoms with van der Waals surface area (Å²) in [5.41, 5.74) is 3.10. The number of fused-ring (bicyclic) bond motifs is 1. The van der Waals surface area contributed by atoms with Crippen LogP contribution in [-0.4, -0.2) is 12.2 Å². The molecule has 1 aliphatic carbocycles. The van der Waals surface area contributed by atoms with Crippen molar-refractivity contribution in [3.63, 3.8) is 0 Å². The van der Waals surface area contributed by atoms with E-state index in [4.69, 9.17) is 4.74 Å². The van der Waals surface area contributed by atoms with Gasteiger partial charge in [-0.2, -0.15) is 0 Å². The van der Waals surface area contributed by atoms with Crippen molar-refractivity contribution in [2.24, 2.45) is 17.8 Å². The van der Waals surface area contributed by atoms with Crippen LogP contribution in [0.25, 0.3) is 0 Å². The highest BCUT2D eigenvalue weighted by molar-refractivity contribution is 5.29. The minimum absolute atomic E-state index is 0.159. The molecule has 4 atom stereocenters. The molecule has 0 amide bonds. The molecule has 0 saturated heterocycles. The Morgan fingerprint density at radius 2 is 2.12 bits per heavy atom. The van der Waals surface area contributed by atoms with Gasteiger partial charge in [0.1, 0.15) is 0 Å². The average molecular weight is 220 g/mol. The quantitative estimate of drug-likeness (QED) is 0.640. The van der Waals surface area contributed by atoms with E-state index in [1.165, 1.54) is 18.4 Å². The largest absolute Gasteiger partial charge is 0.366 e. The summed E-state index contributed by atoms with van der Waals surface area (Å²) in [5, 5.41) is 0. The summed E-state index contributed by atoms with van der Waals surface area (Å²) >= 11 is 0. The van der Waals surface area contributed by atoms with Gasteiger partial charge in [-0.1, -0.05) is 25.5 Å². The lowest BCUT2D eigenvalue weighted by Crippen LogP contribution is -2.32. The van der Waals surface area contributed by atoms with Crippen LogP contribution < -0.4 is 0 Å². The molecule has 2 rings (SSSR count). The highest BCUT2D eigenvalue weighted by atomic mass is 16.5. The first-order valence-corrected chi connectivity index (χ1v) is 6.52. The highest BCUT2D eigenvalue weighted by Gasteiger charge is 2.40. The third-order valence-corrected chi connectivity index (χ3v) is 4.50. The Hall–Kier alpha value is -0.560. The first-order valence-electron chi connectivity index (χ1n) is 6.52. The molecule has 2 aliphatic rings. The Morgan fingerprint density at radius 1 is 1.44 bits per heavy atom. The summed E-state index contributed by atoms with van der Waals surface area (Å²) in [6.45, 7) is 13.0. The van der Waals surface area contributed by atoms with Crippen LogP contribution >= 0.6 is 0 Å². The maximum absolute atomic E-state index is 6.01. The fraction of sp³-hybridized carbons (Fsp3) is 0.733. The number of hydrogen-bond donors (Lipinski definition) is 0. The third kappa shape index (κ3) is 1.86. The van der Waals surface area contributed by atoms with E-state index in [0.29, 0.717) is 12.0 Å². The first-order chi connectivity index (χ1) is 7.54. The summed E-state index contributed by atoms with van der Waals surface area (Å²) in [5.74, 6) is 2.31. The third-order valence-electron chi connectivity index (χ3n) is 4.50. The molecule has 16 heavy (non-hydrogen) atoms. The lowest BCUT2D eigenvalue weighted by Gasteiger charge is -2.33. The van der Waals surface area contributed by atoms with Crippen LogP contribution in [0.1, 0.15) is 40.5 Å². The van der Waals surface area contributed by atoms with Crippen molar-refractivity contribution in [1.29, 1.82) is 0 Å². The van der Waals surface area contributed by atoms with E-state index in [9.17, 15) is 0 Å². The predicted molar refractivity (Wildman–Crippen MR) is 68.3 cm³/mol. The fourth-order valence-electron chi connectivity index (χ4n) is 3.27. The van der Waals surface area contributed by atoms with Gasteiger partial charge in [0.05, 0.1) is 12.2 Å². The summed E-state index contributed by atoms with van der Waals surface area (Å²) in [6.07, 6.45) is 5.07. The number of ether oxygens (including phenoxy) is 1. The maximum Gasteiger partial charge on any atom is 0.0968 e. The zero-order valence-electron chi connectivity index (χ0n) is 11.0. The second kappa shape index (κ2) is 4.37. The maximum atomic E-state index is 6.01. The molecular formula is C15H24O. The molecule has 0 aromatic rings. The van der Waals surface area contributed by atoms with Crippen LogP contribution in [0, 0.1) is 17.8 Å². The van der Waals surface area contributed by atoms with Gasteiger partial charge in [-0.15, -0.1) is 6.58 Å². The minimum atomic E-state index is 0.159. The average Bonchev–Trinajstić information content (AvgIpc) is 2.68. The summed E-state index contributed by atoms with van der Waals surface area (Å²) < 4.78 is 6.01.